The van der Waals surface area contributed by atoms with Crippen LogP contribution in [0.25, 0.3) is 0 Å². The monoisotopic (exact) mass is 170 g/mol. The van der Waals surface area contributed by atoms with E-state index in [1.807, 2.05) is 18.2 Å². The molecule has 2 nitrogen and oxygen atoms in total. The summed E-state index contributed by atoms with van der Waals surface area (Å²) in [5.74, 6) is 0. The maximum atomic E-state index is 11.5. The predicted molar refractivity (Wildman–Crippen MR) is 46.7 cm³/mol. The molecule has 0 spiro atoms. The van der Waals surface area contributed by atoms with E-state index >= 15 is 0 Å². The molecule has 1 aromatic carbocycles. The Morgan fingerprint density at radius 2 is 1.91 bits per heavy atom. The molecule has 0 saturated carbocycles. The van der Waals surface area contributed by atoms with Crippen LogP contribution < -0.4 is 5.30 Å². The van der Waals surface area contributed by atoms with Crippen molar-refractivity contribution in [3.05, 3.63) is 30.3 Å². The molecular weight excluding hydrogens is 159 g/mol. The van der Waals surface area contributed by atoms with Gasteiger partial charge in [0.05, 0.1) is 6.35 Å². The zero-order valence-electron chi connectivity index (χ0n) is 6.40. The zero-order valence-corrected chi connectivity index (χ0v) is 7.29. The topological polar surface area (TPSA) is 37.3 Å². The summed E-state index contributed by atoms with van der Waals surface area (Å²) < 4.78 is 11.5. The third-order valence-electron chi connectivity index (χ3n) is 1.57. The van der Waals surface area contributed by atoms with Gasteiger partial charge in [0, 0.05) is 5.30 Å². The molecule has 3 heteroatoms. The van der Waals surface area contributed by atoms with Crippen molar-refractivity contribution in [3.63, 3.8) is 0 Å². The van der Waals surface area contributed by atoms with Crippen LogP contribution >= 0.6 is 7.14 Å². The second kappa shape index (κ2) is 3.21. The van der Waals surface area contributed by atoms with E-state index in [0.717, 1.165) is 5.30 Å². The first-order chi connectivity index (χ1) is 5.17. The fourth-order valence-electron chi connectivity index (χ4n) is 0.825. The Balaban J connectivity index is 3.03. The minimum Gasteiger partial charge on any atom is -0.388 e. The largest absolute Gasteiger partial charge is 0.388 e. The lowest BCUT2D eigenvalue weighted by atomic mass is 10.4. The molecule has 0 aliphatic rings. The van der Waals surface area contributed by atoms with Crippen molar-refractivity contribution in [3.8, 4) is 0 Å². The number of benzene rings is 1. The molecule has 1 rings (SSSR count). The molecule has 0 aliphatic heterocycles. The van der Waals surface area contributed by atoms with Crippen LogP contribution in [0.1, 0.15) is 0 Å². The Kier molecular flexibility index (Phi) is 2.48. The van der Waals surface area contributed by atoms with Gasteiger partial charge in [-0.05, 0) is 6.66 Å². The van der Waals surface area contributed by atoms with Gasteiger partial charge < -0.3 is 9.67 Å². The van der Waals surface area contributed by atoms with Crippen LogP contribution in [-0.4, -0.2) is 18.1 Å². The summed E-state index contributed by atoms with van der Waals surface area (Å²) in [6.45, 7) is 1.59. The molecule has 1 aromatic rings. The van der Waals surface area contributed by atoms with Gasteiger partial charge in [0.15, 0.2) is 0 Å². The third kappa shape index (κ3) is 1.92. The summed E-state index contributed by atoms with van der Waals surface area (Å²) in [6, 6.07) is 9.05. The molecule has 0 heterocycles. The summed E-state index contributed by atoms with van der Waals surface area (Å²) in [5, 5.41) is 9.52. The smallest absolute Gasteiger partial charge is 0.136 e. The van der Waals surface area contributed by atoms with Gasteiger partial charge in [0.2, 0.25) is 0 Å². The van der Waals surface area contributed by atoms with Gasteiger partial charge in [-0.25, -0.2) is 0 Å². The quantitative estimate of drug-likeness (QED) is 0.678. The average Bonchev–Trinajstić information content (AvgIpc) is 2.06. The first-order valence-electron chi connectivity index (χ1n) is 3.40. The van der Waals surface area contributed by atoms with Crippen LogP contribution in [-0.2, 0) is 4.57 Å². The number of rotatable bonds is 2. The Morgan fingerprint density at radius 1 is 1.36 bits per heavy atom. The summed E-state index contributed by atoms with van der Waals surface area (Å²) in [5.41, 5.74) is 0. The van der Waals surface area contributed by atoms with Crippen LogP contribution in [0.15, 0.2) is 30.3 Å². The van der Waals surface area contributed by atoms with Crippen molar-refractivity contribution < 1.29 is 9.67 Å². The predicted octanol–water partition coefficient (Wildman–Crippen LogP) is 1.25. The Hall–Kier alpha value is -0.590. The van der Waals surface area contributed by atoms with Gasteiger partial charge in [-0.15, -0.1) is 0 Å². The summed E-state index contributed by atoms with van der Waals surface area (Å²) in [7, 11) is -2.47. The van der Waals surface area contributed by atoms with E-state index in [4.69, 9.17) is 5.11 Å². The Labute approximate surface area is 66.2 Å². The lowest BCUT2D eigenvalue weighted by molar-refractivity contribution is 0.361. The highest BCUT2D eigenvalue weighted by Crippen LogP contribution is 2.37. The van der Waals surface area contributed by atoms with E-state index in [-0.39, 0.29) is 6.35 Å². The molecule has 0 radical (unpaired) electrons. The van der Waals surface area contributed by atoms with Crippen LogP contribution in [0, 0.1) is 0 Å². The molecule has 0 amide bonds. The molecule has 0 bridgehead atoms. The molecular formula is C8H11O2P. The lowest BCUT2D eigenvalue weighted by Gasteiger charge is -2.08. The van der Waals surface area contributed by atoms with Crippen LogP contribution in [0.2, 0.25) is 0 Å². The van der Waals surface area contributed by atoms with Crippen LogP contribution in [0.4, 0.5) is 0 Å². The van der Waals surface area contributed by atoms with Gasteiger partial charge in [-0.2, -0.15) is 0 Å². The zero-order chi connectivity index (χ0) is 8.32. The standard InChI is InChI=1S/C8H11O2P/c1-11(10,7-9)8-5-3-2-4-6-8/h2-6,9H,7H2,1H3. The van der Waals surface area contributed by atoms with E-state index in [0.29, 0.717) is 0 Å². The highest BCUT2D eigenvalue weighted by atomic mass is 31.2. The molecule has 0 aliphatic carbocycles. The van der Waals surface area contributed by atoms with Gasteiger partial charge in [0.25, 0.3) is 0 Å². The van der Waals surface area contributed by atoms with E-state index in [9.17, 15) is 4.57 Å². The minimum absolute atomic E-state index is 0.253. The summed E-state index contributed by atoms with van der Waals surface area (Å²) in [4.78, 5) is 0. The second-order valence-corrected chi connectivity index (χ2v) is 5.58. The molecule has 1 atom stereocenters. The molecule has 11 heavy (non-hydrogen) atoms. The highest BCUT2D eigenvalue weighted by Gasteiger charge is 2.15. The molecule has 1 N–H and O–H groups in total. The molecule has 0 aromatic heterocycles. The molecule has 0 fully saturated rings. The van der Waals surface area contributed by atoms with Crippen molar-refractivity contribution in [2.24, 2.45) is 0 Å². The normalized spacial score (nSPS) is 15.8. The average molecular weight is 170 g/mol. The van der Waals surface area contributed by atoms with E-state index < -0.39 is 7.14 Å². The SMILES string of the molecule is CP(=O)(CO)c1ccccc1. The molecule has 1 unspecified atom stereocenters. The highest BCUT2D eigenvalue weighted by molar-refractivity contribution is 7.70. The second-order valence-electron chi connectivity index (χ2n) is 2.58. The Morgan fingerprint density at radius 3 is 2.36 bits per heavy atom. The number of hydrogen-bond acceptors (Lipinski definition) is 2. The lowest BCUT2D eigenvalue weighted by Crippen LogP contribution is -2.05. The van der Waals surface area contributed by atoms with E-state index in [1.165, 1.54) is 0 Å². The van der Waals surface area contributed by atoms with Crippen molar-refractivity contribution in [1.82, 2.24) is 0 Å². The summed E-state index contributed by atoms with van der Waals surface area (Å²) in [6.07, 6.45) is -0.253. The van der Waals surface area contributed by atoms with Crippen molar-refractivity contribution >= 4 is 12.4 Å². The van der Waals surface area contributed by atoms with Gasteiger partial charge >= 0.3 is 0 Å². The first-order valence-corrected chi connectivity index (χ1v) is 5.74. The van der Waals surface area contributed by atoms with Gasteiger partial charge in [-0.1, -0.05) is 30.3 Å². The van der Waals surface area contributed by atoms with Crippen LogP contribution in [0.3, 0.4) is 0 Å². The maximum Gasteiger partial charge on any atom is 0.136 e. The van der Waals surface area contributed by atoms with Gasteiger partial charge in [0.1, 0.15) is 7.14 Å². The van der Waals surface area contributed by atoms with Gasteiger partial charge in [-0.3, -0.25) is 0 Å². The van der Waals surface area contributed by atoms with Crippen molar-refractivity contribution in [2.45, 2.75) is 0 Å². The fourth-order valence-corrected chi connectivity index (χ4v) is 1.79. The van der Waals surface area contributed by atoms with Crippen molar-refractivity contribution in [1.29, 1.82) is 0 Å². The molecule has 60 valence electrons. The number of aliphatic hydroxyl groups excluding tert-OH is 1. The Bertz CT molecular complexity index is 269. The summed E-state index contributed by atoms with van der Waals surface area (Å²) >= 11 is 0. The van der Waals surface area contributed by atoms with Crippen LogP contribution in [0.5, 0.6) is 0 Å². The minimum atomic E-state index is -2.47. The number of aliphatic hydroxyl groups is 1. The van der Waals surface area contributed by atoms with Crippen molar-refractivity contribution in [2.75, 3.05) is 13.0 Å². The third-order valence-corrected chi connectivity index (χ3v) is 3.50. The maximum absolute atomic E-state index is 11.5. The fraction of sp³-hybridized carbons (Fsp3) is 0.250. The number of hydrogen-bond donors (Lipinski definition) is 1. The van der Waals surface area contributed by atoms with E-state index in [1.54, 1.807) is 18.8 Å². The molecule has 0 saturated heterocycles. The first kappa shape index (κ1) is 8.51. The van der Waals surface area contributed by atoms with E-state index in [2.05, 4.69) is 0 Å².